The van der Waals surface area contributed by atoms with Gasteiger partial charge < -0.3 is 10.1 Å². The Morgan fingerprint density at radius 3 is 3.00 bits per heavy atom. The largest absolute Gasteiger partial charge is 0.381 e. The third-order valence-electron chi connectivity index (χ3n) is 2.84. The summed E-state index contributed by atoms with van der Waals surface area (Å²) < 4.78 is 7.58. The predicted octanol–water partition coefficient (Wildman–Crippen LogP) is 3.57. The van der Waals surface area contributed by atoms with Crippen LogP contribution in [0.15, 0.2) is 28.6 Å². The van der Waals surface area contributed by atoms with Crippen LogP contribution in [0.2, 0.25) is 0 Å². The number of rotatable bonds is 9. The van der Waals surface area contributed by atoms with Gasteiger partial charge in [-0.05, 0) is 24.5 Å². The number of nitrogens with one attached hydrogen (secondary N) is 1. The fourth-order valence-corrected chi connectivity index (χ4v) is 3.71. The monoisotopic (exact) mass is 338 g/mol. The van der Waals surface area contributed by atoms with Crippen LogP contribution in [0.3, 0.4) is 0 Å². The van der Waals surface area contributed by atoms with E-state index in [1.165, 1.54) is 11.8 Å². The van der Waals surface area contributed by atoms with Gasteiger partial charge in [0.2, 0.25) is 5.91 Å². The van der Waals surface area contributed by atoms with Crippen LogP contribution in [0, 0.1) is 5.92 Å². The van der Waals surface area contributed by atoms with E-state index < -0.39 is 0 Å². The summed E-state index contributed by atoms with van der Waals surface area (Å²) in [6, 6.07) is 8.02. The van der Waals surface area contributed by atoms with Gasteiger partial charge in [0.25, 0.3) is 0 Å². The SMILES string of the molecule is CC(C)COCCCNC(=O)CSc1nc2ccccc2s1. The summed E-state index contributed by atoms with van der Waals surface area (Å²) in [5.74, 6) is 1.01. The number of carbonyl (C=O) groups is 1. The summed E-state index contributed by atoms with van der Waals surface area (Å²) in [7, 11) is 0. The normalized spacial score (nSPS) is 11.2. The minimum Gasteiger partial charge on any atom is -0.381 e. The fourth-order valence-electron chi connectivity index (χ4n) is 1.81. The third-order valence-corrected chi connectivity index (χ3v) is 5.02. The van der Waals surface area contributed by atoms with Crippen molar-refractivity contribution in [1.29, 1.82) is 0 Å². The summed E-state index contributed by atoms with van der Waals surface area (Å²) in [6.07, 6.45) is 0.851. The van der Waals surface area contributed by atoms with Crippen LogP contribution in [-0.2, 0) is 9.53 Å². The van der Waals surface area contributed by atoms with E-state index in [2.05, 4.69) is 24.1 Å². The quantitative estimate of drug-likeness (QED) is 0.561. The smallest absolute Gasteiger partial charge is 0.230 e. The van der Waals surface area contributed by atoms with E-state index in [9.17, 15) is 4.79 Å². The van der Waals surface area contributed by atoms with Gasteiger partial charge in [-0.3, -0.25) is 4.79 Å². The van der Waals surface area contributed by atoms with Crippen LogP contribution in [-0.4, -0.2) is 36.4 Å². The number of aromatic nitrogens is 1. The number of hydrogen-bond donors (Lipinski definition) is 1. The van der Waals surface area contributed by atoms with Crippen molar-refractivity contribution >= 4 is 39.2 Å². The van der Waals surface area contributed by atoms with Crippen molar-refractivity contribution in [3.8, 4) is 0 Å². The summed E-state index contributed by atoms with van der Waals surface area (Å²) in [6.45, 7) is 6.39. The number of para-hydroxylation sites is 1. The van der Waals surface area contributed by atoms with Crippen molar-refractivity contribution < 1.29 is 9.53 Å². The molecule has 0 fully saturated rings. The highest BCUT2D eigenvalue weighted by molar-refractivity contribution is 8.01. The van der Waals surface area contributed by atoms with Crippen LogP contribution >= 0.6 is 23.1 Å². The number of amides is 1. The van der Waals surface area contributed by atoms with Crippen molar-refractivity contribution in [3.05, 3.63) is 24.3 Å². The molecule has 2 aromatic rings. The number of fused-ring (bicyclic) bond motifs is 1. The number of thioether (sulfide) groups is 1. The first-order valence-corrected chi connectivity index (χ1v) is 9.28. The molecule has 0 radical (unpaired) electrons. The van der Waals surface area contributed by atoms with Gasteiger partial charge in [0.05, 0.1) is 16.0 Å². The molecular weight excluding hydrogens is 316 g/mol. The van der Waals surface area contributed by atoms with Crippen molar-refractivity contribution in [2.24, 2.45) is 5.92 Å². The molecule has 0 saturated heterocycles. The first kappa shape index (κ1) is 17.2. The Bertz CT molecular complexity index is 566. The van der Waals surface area contributed by atoms with Gasteiger partial charge in [-0.2, -0.15) is 0 Å². The van der Waals surface area contributed by atoms with E-state index >= 15 is 0 Å². The second-order valence-corrected chi connectivity index (χ2v) is 7.66. The first-order valence-electron chi connectivity index (χ1n) is 7.48. The maximum Gasteiger partial charge on any atom is 0.230 e. The molecular formula is C16H22N2O2S2. The van der Waals surface area contributed by atoms with E-state index in [1.807, 2.05) is 24.3 Å². The Morgan fingerprint density at radius 1 is 1.41 bits per heavy atom. The van der Waals surface area contributed by atoms with Gasteiger partial charge in [-0.1, -0.05) is 37.7 Å². The molecule has 1 amide bonds. The van der Waals surface area contributed by atoms with Crippen LogP contribution in [0.4, 0.5) is 0 Å². The number of thiazole rings is 1. The summed E-state index contributed by atoms with van der Waals surface area (Å²) in [5.41, 5.74) is 0.998. The topological polar surface area (TPSA) is 51.2 Å². The van der Waals surface area contributed by atoms with Crippen molar-refractivity contribution in [2.45, 2.75) is 24.6 Å². The summed E-state index contributed by atoms with van der Waals surface area (Å²) in [5, 5.41) is 2.91. The van der Waals surface area contributed by atoms with Gasteiger partial charge >= 0.3 is 0 Å². The molecule has 4 nitrogen and oxygen atoms in total. The molecule has 1 N–H and O–H groups in total. The number of carbonyl (C=O) groups excluding carboxylic acids is 1. The second kappa shape index (κ2) is 9.12. The zero-order valence-corrected chi connectivity index (χ0v) is 14.6. The molecule has 120 valence electrons. The van der Waals surface area contributed by atoms with Gasteiger partial charge in [0, 0.05) is 19.8 Å². The molecule has 1 aromatic carbocycles. The number of hydrogen-bond acceptors (Lipinski definition) is 5. The Hall–Kier alpha value is -1.11. The zero-order chi connectivity index (χ0) is 15.8. The average Bonchev–Trinajstić information content (AvgIpc) is 2.91. The van der Waals surface area contributed by atoms with Crippen LogP contribution in [0.1, 0.15) is 20.3 Å². The standard InChI is InChI=1S/C16H22N2O2S2/c1-12(2)10-20-9-5-8-17-15(19)11-21-16-18-13-6-3-4-7-14(13)22-16/h3-4,6-7,12H,5,8-11H2,1-2H3,(H,17,19). The van der Waals surface area contributed by atoms with Gasteiger partial charge in [0.1, 0.15) is 0 Å². The highest BCUT2D eigenvalue weighted by atomic mass is 32.2. The van der Waals surface area contributed by atoms with Crippen LogP contribution in [0.25, 0.3) is 10.2 Å². The molecule has 0 aliphatic heterocycles. The maximum absolute atomic E-state index is 11.8. The Balaban J connectivity index is 1.61. The maximum atomic E-state index is 11.8. The van der Waals surface area contributed by atoms with E-state index in [0.29, 0.717) is 24.8 Å². The highest BCUT2D eigenvalue weighted by Gasteiger charge is 2.07. The van der Waals surface area contributed by atoms with Gasteiger partial charge in [-0.25, -0.2) is 4.98 Å². The molecule has 0 spiro atoms. The predicted molar refractivity (Wildman–Crippen MR) is 93.6 cm³/mol. The first-order chi connectivity index (χ1) is 10.6. The average molecular weight is 338 g/mol. The molecule has 2 rings (SSSR count). The summed E-state index contributed by atoms with van der Waals surface area (Å²) in [4.78, 5) is 16.3. The molecule has 0 aliphatic rings. The molecule has 0 atom stereocenters. The minimum absolute atomic E-state index is 0.0492. The Morgan fingerprint density at radius 2 is 2.23 bits per heavy atom. The van der Waals surface area contributed by atoms with Crippen LogP contribution < -0.4 is 5.32 Å². The zero-order valence-electron chi connectivity index (χ0n) is 13.0. The van der Waals surface area contributed by atoms with E-state index in [4.69, 9.17) is 4.74 Å². The molecule has 0 bridgehead atoms. The van der Waals surface area contributed by atoms with E-state index in [0.717, 1.165) is 27.6 Å². The molecule has 1 heterocycles. The molecule has 0 aliphatic carbocycles. The van der Waals surface area contributed by atoms with Crippen LogP contribution in [0.5, 0.6) is 0 Å². The lowest BCUT2D eigenvalue weighted by Crippen LogP contribution is -2.27. The van der Waals surface area contributed by atoms with Gasteiger partial charge in [-0.15, -0.1) is 11.3 Å². The fraction of sp³-hybridized carbons (Fsp3) is 0.500. The molecule has 1 aromatic heterocycles. The summed E-state index contributed by atoms with van der Waals surface area (Å²) >= 11 is 3.12. The Labute approximate surface area is 139 Å². The van der Waals surface area contributed by atoms with Crippen molar-refractivity contribution in [1.82, 2.24) is 10.3 Å². The molecule has 6 heteroatoms. The second-order valence-electron chi connectivity index (χ2n) is 5.41. The minimum atomic E-state index is 0.0492. The highest BCUT2D eigenvalue weighted by Crippen LogP contribution is 2.28. The lowest BCUT2D eigenvalue weighted by molar-refractivity contribution is -0.118. The number of benzene rings is 1. The Kier molecular flexibility index (Phi) is 7.15. The lowest BCUT2D eigenvalue weighted by Gasteiger charge is -2.07. The van der Waals surface area contributed by atoms with Gasteiger partial charge in [0.15, 0.2) is 4.34 Å². The van der Waals surface area contributed by atoms with E-state index in [-0.39, 0.29) is 5.91 Å². The van der Waals surface area contributed by atoms with E-state index in [1.54, 1.807) is 11.3 Å². The van der Waals surface area contributed by atoms with Crippen molar-refractivity contribution in [2.75, 3.05) is 25.5 Å². The third kappa shape index (κ3) is 5.94. The molecule has 0 unspecified atom stereocenters. The lowest BCUT2D eigenvalue weighted by atomic mass is 10.2. The molecule has 0 saturated carbocycles. The molecule has 22 heavy (non-hydrogen) atoms. The number of nitrogens with zero attached hydrogens (tertiary/aromatic N) is 1. The van der Waals surface area contributed by atoms with Crippen molar-refractivity contribution in [3.63, 3.8) is 0 Å². The number of ether oxygens (including phenoxy) is 1.